The molecule has 0 atom stereocenters. The SMILES string of the molecule is COc1ccc(-c2nc(C#N)c(Sc3ccc(Br)cc3)o2)cc1. The van der Waals surface area contributed by atoms with Crippen molar-refractivity contribution in [2.24, 2.45) is 0 Å². The number of oxazole rings is 1. The molecule has 1 heterocycles. The maximum Gasteiger partial charge on any atom is 0.228 e. The zero-order valence-corrected chi connectivity index (χ0v) is 14.5. The topological polar surface area (TPSA) is 59.0 Å². The second-order valence-electron chi connectivity index (χ2n) is 4.55. The van der Waals surface area contributed by atoms with E-state index in [1.54, 1.807) is 7.11 Å². The number of methoxy groups -OCH3 is 1. The average Bonchev–Trinajstić information content (AvgIpc) is 3.00. The summed E-state index contributed by atoms with van der Waals surface area (Å²) in [7, 11) is 1.61. The van der Waals surface area contributed by atoms with Crippen molar-refractivity contribution in [3.8, 4) is 23.3 Å². The molecule has 3 rings (SSSR count). The Hall–Kier alpha value is -2.23. The molecule has 0 aliphatic heterocycles. The summed E-state index contributed by atoms with van der Waals surface area (Å²) >= 11 is 4.77. The van der Waals surface area contributed by atoms with E-state index in [0.29, 0.717) is 11.0 Å². The van der Waals surface area contributed by atoms with Crippen LogP contribution in [-0.2, 0) is 0 Å². The second kappa shape index (κ2) is 6.90. The lowest BCUT2D eigenvalue weighted by Gasteiger charge is -2.00. The standard InChI is InChI=1S/C17H11BrN2O2S/c1-21-13-6-2-11(3-7-13)16-20-15(10-19)17(22-16)23-14-8-4-12(18)5-9-14/h2-9H,1H3. The lowest BCUT2D eigenvalue weighted by Crippen LogP contribution is -1.83. The summed E-state index contributed by atoms with van der Waals surface area (Å²) in [6.07, 6.45) is 0. The van der Waals surface area contributed by atoms with Gasteiger partial charge in [0.2, 0.25) is 11.0 Å². The van der Waals surface area contributed by atoms with Gasteiger partial charge in [0.1, 0.15) is 11.8 Å². The van der Waals surface area contributed by atoms with Gasteiger partial charge in [-0.3, -0.25) is 0 Å². The highest BCUT2D eigenvalue weighted by atomic mass is 79.9. The van der Waals surface area contributed by atoms with Gasteiger partial charge < -0.3 is 9.15 Å². The van der Waals surface area contributed by atoms with Gasteiger partial charge >= 0.3 is 0 Å². The number of nitrogens with zero attached hydrogens (tertiary/aromatic N) is 2. The van der Waals surface area contributed by atoms with Crippen molar-refractivity contribution in [1.82, 2.24) is 4.98 Å². The van der Waals surface area contributed by atoms with Gasteiger partial charge in [-0.2, -0.15) is 10.2 Å². The third-order valence-electron chi connectivity index (χ3n) is 3.06. The fourth-order valence-corrected chi connectivity index (χ4v) is 2.97. The van der Waals surface area contributed by atoms with Gasteiger partial charge in [-0.15, -0.1) is 0 Å². The summed E-state index contributed by atoms with van der Waals surface area (Å²) in [6, 6.07) is 17.2. The number of hydrogen-bond donors (Lipinski definition) is 0. The molecule has 0 saturated carbocycles. The first-order valence-corrected chi connectivity index (χ1v) is 8.29. The molecule has 4 nitrogen and oxygen atoms in total. The third-order valence-corrected chi connectivity index (χ3v) is 4.56. The minimum absolute atomic E-state index is 0.281. The van der Waals surface area contributed by atoms with E-state index in [1.165, 1.54) is 11.8 Å². The quantitative estimate of drug-likeness (QED) is 0.621. The molecule has 0 spiro atoms. The zero-order valence-electron chi connectivity index (χ0n) is 12.1. The molecule has 0 bridgehead atoms. The second-order valence-corrected chi connectivity index (χ2v) is 6.51. The Balaban J connectivity index is 1.90. The van der Waals surface area contributed by atoms with Gasteiger partial charge in [-0.1, -0.05) is 15.9 Å². The Labute approximate surface area is 146 Å². The highest BCUT2D eigenvalue weighted by Crippen LogP contribution is 2.34. The van der Waals surface area contributed by atoms with Crippen LogP contribution in [0.25, 0.3) is 11.5 Å². The van der Waals surface area contributed by atoms with Crippen LogP contribution in [0.3, 0.4) is 0 Å². The van der Waals surface area contributed by atoms with Crippen molar-refractivity contribution >= 4 is 27.7 Å². The summed E-state index contributed by atoms with van der Waals surface area (Å²) in [5.41, 5.74) is 1.08. The maximum atomic E-state index is 9.27. The van der Waals surface area contributed by atoms with E-state index in [0.717, 1.165) is 20.7 Å². The highest BCUT2D eigenvalue weighted by molar-refractivity contribution is 9.10. The Morgan fingerprint density at radius 2 is 1.83 bits per heavy atom. The van der Waals surface area contributed by atoms with E-state index in [4.69, 9.17) is 9.15 Å². The van der Waals surface area contributed by atoms with Crippen LogP contribution in [0.1, 0.15) is 5.69 Å². The van der Waals surface area contributed by atoms with E-state index >= 15 is 0 Å². The molecule has 23 heavy (non-hydrogen) atoms. The number of rotatable bonds is 4. The van der Waals surface area contributed by atoms with E-state index in [1.807, 2.05) is 48.5 Å². The summed E-state index contributed by atoms with van der Waals surface area (Å²) in [5, 5.41) is 9.76. The Bertz CT molecular complexity index is 852. The molecule has 0 radical (unpaired) electrons. The molecular formula is C17H11BrN2O2S. The molecule has 0 N–H and O–H groups in total. The van der Waals surface area contributed by atoms with Crippen molar-refractivity contribution < 1.29 is 9.15 Å². The van der Waals surface area contributed by atoms with Crippen LogP contribution >= 0.6 is 27.7 Å². The summed E-state index contributed by atoms with van der Waals surface area (Å²) < 4.78 is 11.9. The first kappa shape index (κ1) is 15.7. The molecule has 0 aliphatic carbocycles. The van der Waals surface area contributed by atoms with E-state index in [9.17, 15) is 5.26 Å². The largest absolute Gasteiger partial charge is 0.497 e. The van der Waals surface area contributed by atoms with E-state index < -0.39 is 0 Å². The van der Waals surface area contributed by atoms with Gasteiger partial charge in [-0.05, 0) is 60.3 Å². The Kier molecular flexibility index (Phi) is 4.70. The lowest BCUT2D eigenvalue weighted by molar-refractivity contribution is 0.414. The number of halogens is 1. The number of benzene rings is 2. The van der Waals surface area contributed by atoms with Gasteiger partial charge in [-0.25, -0.2) is 0 Å². The third kappa shape index (κ3) is 3.58. The minimum atomic E-state index is 0.281. The predicted octanol–water partition coefficient (Wildman–Crippen LogP) is 5.14. The highest BCUT2D eigenvalue weighted by Gasteiger charge is 2.16. The van der Waals surface area contributed by atoms with Crippen LogP contribution in [0, 0.1) is 11.3 Å². The molecule has 2 aromatic carbocycles. The maximum absolute atomic E-state index is 9.27. The molecule has 6 heteroatoms. The minimum Gasteiger partial charge on any atom is -0.497 e. The van der Waals surface area contributed by atoms with Crippen molar-refractivity contribution in [3.05, 3.63) is 58.7 Å². The molecule has 0 amide bonds. The fourth-order valence-electron chi connectivity index (χ4n) is 1.91. The smallest absolute Gasteiger partial charge is 0.228 e. The summed E-state index contributed by atoms with van der Waals surface area (Å²) in [6.45, 7) is 0. The Morgan fingerprint density at radius 3 is 2.43 bits per heavy atom. The Morgan fingerprint density at radius 1 is 1.13 bits per heavy atom. The number of nitriles is 1. The fraction of sp³-hybridized carbons (Fsp3) is 0.0588. The number of aromatic nitrogens is 1. The van der Waals surface area contributed by atoms with E-state index in [2.05, 4.69) is 27.0 Å². The molecular weight excluding hydrogens is 376 g/mol. The van der Waals surface area contributed by atoms with Gasteiger partial charge in [0.05, 0.1) is 7.11 Å². The number of ether oxygens (including phenoxy) is 1. The molecule has 0 unspecified atom stereocenters. The van der Waals surface area contributed by atoms with Crippen LogP contribution in [0.4, 0.5) is 0 Å². The summed E-state index contributed by atoms with van der Waals surface area (Å²) in [5.74, 6) is 1.18. The monoisotopic (exact) mass is 386 g/mol. The van der Waals surface area contributed by atoms with Crippen LogP contribution in [0.2, 0.25) is 0 Å². The zero-order chi connectivity index (χ0) is 16.2. The first-order chi connectivity index (χ1) is 11.2. The van der Waals surface area contributed by atoms with Crippen LogP contribution < -0.4 is 4.74 Å². The van der Waals surface area contributed by atoms with Crippen molar-refractivity contribution in [2.45, 2.75) is 9.99 Å². The van der Waals surface area contributed by atoms with Crippen LogP contribution in [-0.4, -0.2) is 12.1 Å². The van der Waals surface area contributed by atoms with Gasteiger partial charge in [0.25, 0.3) is 0 Å². The van der Waals surface area contributed by atoms with Crippen molar-refractivity contribution in [3.63, 3.8) is 0 Å². The average molecular weight is 387 g/mol. The molecule has 114 valence electrons. The predicted molar refractivity (Wildman–Crippen MR) is 91.5 cm³/mol. The van der Waals surface area contributed by atoms with Crippen LogP contribution in [0.15, 0.2) is 67.4 Å². The van der Waals surface area contributed by atoms with Crippen molar-refractivity contribution in [2.75, 3.05) is 7.11 Å². The lowest BCUT2D eigenvalue weighted by atomic mass is 10.2. The van der Waals surface area contributed by atoms with E-state index in [-0.39, 0.29) is 5.69 Å². The van der Waals surface area contributed by atoms with Gasteiger partial charge in [0.15, 0.2) is 5.69 Å². The molecule has 0 fully saturated rings. The van der Waals surface area contributed by atoms with Gasteiger partial charge in [0, 0.05) is 14.9 Å². The molecule has 0 aliphatic rings. The van der Waals surface area contributed by atoms with Crippen LogP contribution in [0.5, 0.6) is 5.75 Å². The first-order valence-electron chi connectivity index (χ1n) is 6.68. The normalized spacial score (nSPS) is 10.3. The molecule has 3 aromatic rings. The summed E-state index contributed by atoms with van der Waals surface area (Å²) in [4.78, 5) is 5.24. The molecule has 0 saturated heterocycles. The molecule has 1 aromatic heterocycles. The number of hydrogen-bond acceptors (Lipinski definition) is 5. The van der Waals surface area contributed by atoms with Crippen molar-refractivity contribution in [1.29, 1.82) is 5.26 Å².